The first-order valence-corrected chi connectivity index (χ1v) is 12.0. The number of Topliss-reactive ketones (excluding diaryl/α,β-unsaturated/α-hetero) is 1. The monoisotopic (exact) mass is 451 g/mol. The zero-order valence-electron chi connectivity index (χ0n) is 18.6. The second kappa shape index (κ2) is 10.4. The molecule has 0 heterocycles. The number of nitrogens with one attached hydrogen (secondary N) is 2. The summed E-state index contributed by atoms with van der Waals surface area (Å²) in [6.45, 7) is 7.03. The molecular formula is C25H29N3O3S. The Hall–Kier alpha value is -3.16. The van der Waals surface area contributed by atoms with Crippen LogP contribution in [0.25, 0.3) is 0 Å². The zero-order chi connectivity index (χ0) is 23.1. The van der Waals surface area contributed by atoms with E-state index in [2.05, 4.69) is 28.2 Å². The molecule has 0 amide bonds. The van der Waals surface area contributed by atoms with Crippen molar-refractivity contribution in [1.29, 1.82) is 0 Å². The fourth-order valence-corrected chi connectivity index (χ4v) is 4.14. The molecule has 0 aliphatic rings. The molecule has 168 valence electrons. The van der Waals surface area contributed by atoms with Gasteiger partial charge in [0.05, 0.1) is 17.9 Å². The van der Waals surface area contributed by atoms with Crippen molar-refractivity contribution in [3.05, 3.63) is 95.6 Å². The molecule has 0 unspecified atom stereocenters. The summed E-state index contributed by atoms with van der Waals surface area (Å²) in [6, 6.07) is 23.8. The summed E-state index contributed by atoms with van der Waals surface area (Å²) in [4.78, 5) is 14.9. The number of benzene rings is 3. The summed E-state index contributed by atoms with van der Waals surface area (Å²) < 4.78 is 29.7. The minimum absolute atomic E-state index is 0.0122. The van der Waals surface area contributed by atoms with Gasteiger partial charge in [0.2, 0.25) is 0 Å². The van der Waals surface area contributed by atoms with Gasteiger partial charge in [-0.3, -0.25) is 19.1 Å². The first-order valence-electron chi connectivity index (χ1n) is 10.5. The highest BCUT2D eigenvalue weighted by molar-refractivity contribution is 7.94. The van der Waals surface area contributed by atoms with Crippen LogP contribution < -0.4 is 9.44 Å². The Kier molecular flexibility index (Phi) is 7.66. The number of rotatable bonds is 10. The molecule has 0 bridgehead atoms. The van der Waals surface area contributed by atoms with E-state index < -0.39 is 10.2 Å². The molecule has 2 N–H and O–H groups in total. The molecule has 0 aliphatic heterocycles. The molecule has 3 rings (SSSR count). The van der Waals surface area contributed by atoms with Crippen molar-refractivity contribution in [2.45, 2.75) is 33.4 Å². The van der Waals surface area contributed by atoms with E-state index in [0.717, 1.165) is 11.1 Å². The average molecular weight is 452 g/mol. The molecule has 3 aromatic rings. The predicted octanol–water partition coefficient (Wildman–Crippen LogP) is 4.86. The summed E-state index contributed by atoms with van der Waals surface area (Å²) >= 11 is 0. The van der Waals surface area contributed by atoms with Gasteiger partial charge in [0.1, 0.15) is 0 Å². The summed E-state index contributed by atoms with van der Waals surface area (Å²) in [5.74, 6) is -0.0122. The molecule has 0 radical (unpaired) electrons. The summed E-state index contributed by atoms with van der Waals surface area (Å²) in [7, 11) is -3.79. The van der Waals surface area contributed by atoms with Crippen LogP contribution in [0.3, 0.4) is 0 Å². The van der Waals surface area contributed by atoms with E-state index in [0.29, 0.717) is 23.5 Å². The molecule has 0 aromatic heterocycles. The molecule has 32 heavy (non-hydrogen) atoms. The second-order valence-corrected chi connectivity index (χ2v) is 9.47. The van der Waals surface area contributed by atoms with Gasteiger partial charge in [-0.25, -0.2) is 0 Å². The summed E-state index contributed by atoms with van der Waals surface area (Å²) in [5, 5.41) is 0. The Morgan fingerprint density at radius 2 is 1.38 bits per heavy atom. The van der Waals surface area contributed by atoms with Gasteiger partial charge in [0.25, 0.3) is 0 Å². The molecule has 0 saturated heterocycles. The van der Waals surface area contributed by atoms with E-state index in [4.69, 9.17) is 0 Å². The fraction of sp³-hybridized carbons (Fsp3) is 0.240. The fourth-order valence-electron chi connectivity index (χ4n) is 3.20. The lowest BCUT2D eigenvalue weighted by Crippen LogP contribution is -2.35. The summed E-state index contributed by atoms with van der Waals surface area (Å²) in [6.07, 6.45) is 0. The van der Waals surface area contributed by atoms with Crippen LogP contribution in [-0.4, -0.2) is 31.7 Å². The highest BCUT2D eigenvalue weighted by atomic mass is 32.2. The minimum Gasteiger partial charge on any atom is -0.293 e. The third-order valence-electron chi connectivity index (χ3n) is 5.07. The van der Waals surface area contributed by atoms with E-state index in [1.807, 2.05) is 49.4 Å². The first kappa shape index (κ1) is 23.5. The molecular weight excluding hydrogens is 422 g/mol. The van der Waals surface area contributed by atoms with Gasteiger partial charge in [-0.15, -0.1) is 0 Å². The number of hydrogen-bond donors (Lipinski definition) is 2. The number of carbonyl (C=O) groups excluding carboxylic acids is 1. The minimum atomic E-state index is -3.79. The van der Waals surface area contributed by atoms with Crippen molar-refractivity contribution in [1.82, 2.24) is 4.90 Å². The largest absolute Gasteiger partial charge is 0.321 e. The van der Waals surface area contributed by atoms with E-state index in [9.17, 15) is 13.2 Å². The average Bonchev–Trinajstić information content (AvgIpc) is 2.75. The standard InChI is InChI=1S/C25H29N3O3S/c1-19(2)28(17-21-7-5-4-6-8-21)18-25(29)22-11-15-24(16-12-22)27-32(30,31)26-23-13-9-20(3)10-14-23/h4-16,19,26-27H,17-18H2,1-3H3. The second-order valence-electron chi connectivity index (χ2n) is 8.06. The number of carbonyl (C=O) groups is 1. The molecule has 0 atom stereocenters. The molecule has 0 spiro atoms. The molecule has 6 nitrogen and oxygen atoms in total. The Labute approximate surface area is 190 Å². The lowest BCUT2D eigenvalue weighted by molar-refractivity contribution is 0.0898. The number of hydrogen-bond acceptors (Lipinski definition) is 4. The molecule has 7 heteroatoms. The third kappa shape index (κ3) is 6.93. The van der Waals surface area contributed by atoms with Crippen molar-refractivity contribution < 1.29 is 13.2 Å². The van der Waals surface area contributed by atoms with Gasteiger partial charge < -0.3 is 0 Å². The molecule has 0 aliphatic carbocycles. The zero-order valence-corrected chi connectivity index (χ0v) is 19.4. The summed E-state index contributed by atoms with van der Waals surface area (Å²) in [5.41, 5.74) is 3.59. The van der Waals surface area contributed by atoms with Crippen LogP contribution in [0.2, 0.25) is 0 Å². The lowest BCUT2D eigenvalue weighted by Gasteiger charge is -2.25. The van der Waals surface area contributed by atoms with Crippen LogP contribution in [0.1, 0.15) is 35.3 Å². The maximum atomic E-state index is 12.8. The number of nitrogens with zero attached hydrogens (tertiary/aromatic N) is 1. The third-order valence-corrected chi connectivity index (χ3v) is 6.08. The van der Waals surface area contributed by atoms with Crippen LogP contribution >= 0.6 is 0 Å². The molecule has 0 fully saturated rings. The Bertz CT molecular complexity index is 1130. The van der Waals surface area contributed by atoms with Gasteiger partial charge >= 0.3 is 10.2 Å². The first-order chi connectivity index (χ1) is 15.2. The van der Waals surface area contributed by atoms with Crippen LogP contribution in [0.4, 0.5) is 11.4 Å². The Morgan fingerprint density at radius 3 is 1.91 bits per heavy atom. The van der Waals surface area contributed by atoms with E-state index in [1.165, 1.54) is 0 Å². The van der Waals surface area contributed by atoms with Crippen molar-refractivity contribution in [3.63, 3.8) is 0 Å². The highest BCUT2D eigenvalue weighted by Crippen LogP contribution is 2.16. The number of aryl methyl sites for hydroxylation is 1. The van der Waals surface area contributed by atoms with Gasteiger partial charge in [-0.2, -0.15) is 8.42 Å². The van der Waals surface area contributed by atoms with Crippen LogP contribution in [0, 0.1) is 6.92 Å². The number of ketones is 1. The quantitative estimate of drug-likeness (QED) is 0.432. The van der Waals surface area contributed by atoms with Crippen LogP contribution in [0.15, 0.2) is 78.9 Å². The maximum Gasteiger partial charge on any atom is 0.321 e. The van der Waals surface area contributed by atoms with Crippen LogP contribution in [-0.2, 0) is 16.8 Å². The topological polar surface area (TPSA) is 78.5 Å². The van der Waals surface area contributed by atoms with Crippen molar-refractivity contribution in [2.75, 3.05) is 16.0 Å². The smallest absolute Gasteiger partial charge is 0.293 e. The van der Waals surface area contributed by atoms with E-state index in [-0.39, 0.29) is 18.4 Å². The van der Waals surface area contributed by atoms with Gasteiger partial charge in [0.15, 0.2) is 5.78 Å². The number of anilines is 2. The van der Waals surface area contributed by atoms with Crippen molar-refractivity contribution >= 4 is 27.4 Å². The van der Waals surface area contributed by atoms with Crippen molar-refractivity contribution in [2.24, 2.45) is 0 Å². The maximum absolute atomic E-state index is 12.8. The van der Waals surface area contributed by atoms with Gasteiger partial charge in [-0.05, 0) is 62.7 Å². The van der Waals surface area contributed by atoms with E-state index in [1.54, 1.807) is 36.4 Å². The normalized spacial score (nSPS) is 11.5. The molecule has 3 aromatic carbocycles. The lowest BCUT2D eigenvalue weighted by atomic mass is 10.1. The van der Waals surface area contributed by atoms with Gasteiger partial charge in [-0.1, -0.05) is 48.0 Å². The van der Waals surface area contributed by atoms with Crippen molar-refractivity contribution in [3.8, 4) is 0 Å². The highest BCUT2D eigenvalue weighted by Gasteiger charge is 2.16. The SMILES string of the molecule is Cc1ccc(NS(=O)(=O)Nc2ccc(C(=O)CN(Cc3ccccc3)C(C)C)cc2)cc1. The molecule has 0 saturated carbocycles. The Morgan fingerprint density at radius 1 is 0.844 bits per heavy atom. The van der Waals surface area contributed by atoms with Gasteiger partial charge in [0, 0.05) is 18.2 Å². The predicted molar refractivity (Wildman–Crippen MR) is 130 cm³/mol. The van der Waals surface area contributed by atoms with Crippen LogP contribution in [0.5, 0.6) is 0 Å². The Balaban J connectivity index is 1.62. The van der Waals surface area contributed by atoms with E-state index >= 15 is 0 Å².